The van der Waals surface area contributed by atoms with Crippen molar-refractivity contribution < 1.29 is 9.53 Å². The first-order valence-corrected chi connectivity index (χ1v) is 11.0. The molecule has 0 bridgehead atoms. The van der Waals surface area contributed by atoms with Crippen molar-refractivity contribution in [2.75, 3.05) is 6.54 Å². The molecule has 0 radical (unpaired) electrons. The van der Waals surface area contributed by atoms with Crippen LogP contribution < -0.4 is 4.74 Å². The van der Waals surface area contributed by atoms with Crippen molar-refractivity contribution in [2.24, 2.45) is 0 Å². The summed E-state index contributed by atoms with van der Waals surface area (Å²) in [6.07, 6.45) is 6.57. The number of amides is 1. The minimum Gasteiger partial charge on any atom is -0.457 e. The fourth-order valence-electron chi connectivity index (χ4n) is 4.54. The van der Waals surface area contributed by atoms with E-state index in [4.69, 9.17) is 9.84 Å². The van der Waals surface area contributed by atoms with Crippen molar-refractivity contribution in [3.8, 4) is 22.8 Å². The summed E-state index contributed by atoms with van der Waals surface area (Å²) < 4.78 is 7.81. The number of benzene rings is 2. The van der Waals surface area contributed by atoms with Gasteiger partial charge in [-0.15, -0.1) is 0 Å². The molecule has 1 unspecified atom stereocenters. The molecule has 1 saturated heterocycles. The molecule has 5 rings (SSSR count). The molecular formula is C26H25N5O2. The summed E-state index contributed by atoms with van der Waals surface area (Å²) in [7, 11) is 0. The van der Waals surface area contributed by atoms with Crippen LogP contribution in [0.2, 0.25) is 0 Å². The van der Waals surface area contributed by atoms with Gasteiger partial charge in [0.2, 0.25) is 5.91 Å². The quantitative estimate of drug-likeness (QED) is 0.402. The highest BCUT2D eigenvalue weighted by atomic mass is 16.5. The topological polar surface area (TPSA) is 73.1 Å². The molecule has 4 aromatic rings. The molecule has 2 aromatic carbocycles. The van der Waals surface area contributed by atoms with E-state index in [9.17, 15) is 4.79 Å². The molecule has 0 saturated carbocycles. The molecule has 1 atom stereocenters. The maximum absolute atomic E-state index is 12.4. The first-order valence-electron chi connectivity index (χ1n) is 11.0. The van der Waals surface area contributed by atoms with Gasteiger partial charge < -0.3 is 9.64 Å². The van der Waals surface area contributed by atoms with Crippen LogP contribution in [0.1, 0.15) is 19.8 Å². The number of fused-ring (bicyclic) bond motifs is 1. The summed E-state index contributed by atoms with van der Waals surface area (Å²) >= 11 is 0. The van der Waals surface area contributed by atoms with E-state index in [2.05, 4.69) is 23.5 Å². The van der Waals surface area contributed by atoms with Gasteiger partial charge in [0.1, 0.15) is 23.5 Å². The Morgan fingerprint density at radius 2 is 1.91 bits per heavy atom. The van der Waals surface area contributed by atoms with E-state index < -0.39 is 0 Å². The van der Waals surface area contributed by atoms with Gasteiger partial charge in [-0.1, -0.05) is 24.8 Å². The fourth-order valence-corrected chi connectivity index (χ4v) is 4.54. The molecule has 2 aromatic heterocycles. The zero-order valence-electron chi connectivity index (χ0n) is 18.5. The van der Waals surface area contributed by atoms with Crippen LogP contribution in [0.3, 0.4) is 0 Å². The normalized spacial score (nSPS) is 17.9. The number of rotatable bonds is 6. The maximum Gasteiger partial charge on any atom is 0.246 e. The molecular weight excluding hydrogens is 414 g/mol. The van der Waals surface area contributed by atoms with Gasteiger partial charge in [-0.3, -0.25) is 4.79 Å². The number of likely N-dealkylation sites (tertiary alicyclic amines) is 1. The largest absolute Gasteiger partial charge is 0.457 e. The third-order valence-electron chi connectivity index (χ3n) is 6.20. The number of carbonyl (C=O) groups excluding carboxylic acids is 1. The number of para-hydroxylation sites is 1. The number of nitrogens with zero attached hydrogens (tertiary/aromatic N) is 5. The standard InChI is InChI=1S/C26H25N5O2/c1-3-23(32)30-15-7-14-26(30,2)17-31-25-22(16-27-18-28-25)24(29-31)19-10-12-21(13-11-19)33-20-8-5-4-6-9-20/h3-6,8-13,16,18H,1,7,14-15,17H2,2H3. The molecule has 33 heavy (non-hydrogen) atoms. The maximum atomic E-state index is 12.4. The van der Waals surface area contributed by atoms with Crippen LogP contribution in [0.25, 0.3) is 22.3 Å². The van der Waals surface area contributed by atoms with Crippen LogP contribution in [0.4, 0.5) is 0 Å². The van der Waals surface area contributed by atoms with E-state index >= 15 is 0 Å². The van der Waals surface area contributed by atoms with Gasteiger partial charge in [-0.2, -0.15) is 5.10 Å². The van der Waals surface area contributed by atoms with Crippen LogP contribution in [-0.4, -0.2) is 42.6 Å². The SMILES string of the molecule is C=CC(=O)N1CCCC1(C)Cn1nc(-c2ccc(Oc3ccccc3)cc2)c2cncnc21. The summed E-state index contributed by atoms with van der Waals surface area (Å²) in [5.41, 5.74) is 2.16. The van der Waals surface area contributed by atoms with Crippen LogP contribution in [0.15, 0.2) is 79.8 Å². The minimum atomic E-state index is -0.347. The van der Waals surface area contributed by atoms with E-state index in [0.717, 1.165) is 53.2 Å². The van der Waals surface area contributed by atoms with Crippen molar-refractivity contribution >= 4 is 16.9 Å². The number of hydrogen-bond donors (Lipinski definition) is 0. The van der Waals surface area contributed by atoms with Gasteiger partial charge in [-0.05, 0) is 62.2 Å². The van der Waals surface area contributed by atoms with Crippen molar-refractivity contribution in [3.05, 3.63) is 79.8 Å². The highest BCUT2D eigenvalue weighted by molar-refractivity contribution is 5.90. The van der Waals surface area contributed by atoms with E-state index in [1.165, 1.54) is 12.4 Å². The summed E-state index contributed by atoms with van der Waals surface area (Å²) in [6, 6.07) is 17.5. The second-order valence-electron chi connectivity index (χ2n) is 8.50. The van der Waals surface area contributed by atoms with Gasteiger partial charge in [0.25, 0.3) is 0 Å². The molecule has 0 spiro atoms. The molecule has 0 N–H and O–H groups in total. The molecule has 7 heteroatoms. The average molecular weight is 440 g/mol. The Kier molecular flexibility index (Phi) is 5.38. The fraction of sp³-hybridized carbons (Fsp3) is 0.231. The van der Waals surface area contributed by atoms with Crippen molar-refractivity contribution in [2.45, 2.75) is 31.8 Å². The summed E-state index contributed by atoms with van der Waals surface area (Å²) in [5, 5.41) is 5.78. The van der Waals surface area contributed by atoms with Gasteiger partial charge in [0.15, 0.2) is 5.65 Å². The van der Waals surface area contributed by atoms with E-state index in [0.29, 0.717) is 6.54 Å². The van der Waals surface area contributed by atoms with Crippen LogP contribution in [0, 0.1) is 0 Å². The highest BCUT2D eigenvalue weighted by Gasteiger charge is 2.39. The first kappa shape index (κ1) is 20.9. The lowest BCUT2D eigenvalue weighted by atomic mass is 9.99. The Balaban J connectivity index is 1.47. The summed E-state index contributed by atoms with van der Waals surface area (Å²) in [4.78, 5) is 23.0. The number of aromatic nitrogens is 4. The Bertz CT molecular complexity index is 1300. The van der Waals surface area contributed by atoms with Gasteiger partial charge in [0, 0.05) is 18.3 Å². The molecule has 0 aliphatic carbocycles. The van der Waals surface area contributed by atoms with Crippen molar-refractivity contribution in [1.82, 2.24) is 24.6 Å². The molecule has 3 heterocycles. The molecule has 1 aliphatic heterocycles. The third kappa shape index (κ3) is 3.98. The zero-order valence-corrected chi connectivity index (χ0v) is 18.5. The Morgan fingerprint density at radius 1 is 1.15 bits per heavy atom. The van der Waals surface area contributed by atoms with Gasteiger partial charge >= 0.3 is 0 Å². The lowest BCUT2D eigenvalue weighted by Crippen LogP contribution is -2.47. The number of carbonyl (C=O) groups is 1. The van der Waals surface area contributed by atoms with Gasteiger partial charge in [-0.25, -0.2) is 14.6 Å². The molecule has 1 fully saturated rings. The smallest absolute Gasteiger partial charge is 0.246 e. The highest BCUT2D eigenvalue weighted by Crippen LogP contribution is 2.34. The van der Waals surface area contributed by atoms with Crippen molar-refractivity contribution in [3.63, 3.8) is 0 Å². The Morgan fingerprint density at radius 3 is 2.67 bits per heavy atom. The molecule has 1 aliphatic rings. The second-order valence-corrected chi connectivity index (χ2v) is 8.50. The lowest BCUT2D eigenvalue weighted by Gasteiger charge is -2.34. The van der Waals surface area contributed by atoms with Crippen LogP contribution in [-0.2, 0) is 11.3 Å². The Hall–Kier alpha value is -4.00. The van der Waals surface area contributed by atoms with E-state index in [1.807, 2.05) is 64.2 Å². The van der Waals surface area contributed by atoms with Crippen molar-refractivity contribution in [1.29, 1.82) is 0 Å². The summed E-state index contributed by atoms with van der Waals surface area (Å²) in [5.74, 6) is 1.49. The Labute approximate surface area is 192 Å². The second kappa shape index (κ2) is 8.50. The number of hydrogen-bond acceptors (Lipinski definition) is 5. The average Bonchev–Trinajstić information content (AvgIpc) is 3.40. The predicted molar refractivity (Wildman–Crippen MR) is 127 cm³/mol. The van der Waals surface area contributed by atoms with Crippen LogP contribution >= 0.6 is 0 Å². The van der Waals surface area contributed by atoms with Gasteiger partial charge in [0.05, 0.1) is 17.5 Å². The number of ether oxygens (including phenoxy) is 1. The van der Waals surface area contributed by atoms with E-state index in [-0.39, 0.29) is 11.4 Å². The van der Waals surface area contributed by atoms with E-state index in [1.54, 1.807) is 6.20 Å². The third-order valence-corrected chi connectivity index (χ3v) is 6.20. The molecule has 166 valence electrons. The monoisotopic (exact) mass is 439 g/mol. The lowest BCUT2D eigenvalue weighted by molar-refractivity contribution is -0.129. The predicted octanol–water partition coefficient (Wildman–Crippen LogP) is 4.85. The molecule has 1 amide bonds. The molecule has 7 nitrogen and oxygen atoms in total. The summed E-state index contributed by atoms with van der Waals surface area (Å²) in [6.45, 7) is 7.04. The zero-order chi connectivity index (χ0) is 22.8. The first-order chi connectivity index (χ1) is 16.1. The minimum absolute atomic E-state index is 0.0460. The van der Waals surface area contributed by atoms with Crippen LogP contribution in [0.5, 0.6) is 11.5 Å².